The highest BCUT2D eigenvalue weighted by Gasteiger charge is 2.53. The molecule has 0 atom stereocenters. The number of benzene rings is 1. The summed E-state index contributed by atoms with van der Waals surface area (Å²) in [6, 6.07) is 7.66. The second-order valence-corrected chi connectivity index (χ2v) is 13.6. The molecule has 1 saturated carbocycles. The van der Waals surface area contributed by atoms with Crippen molar-refractivity contribution in [2.24, 2.45) is 0 Å². The van der Waals surface area contributed by atoms with E-state index in [1.807, 2.05) is 29.2 Å². The Morgan fingerprint density at radius 3 is 2.27 bits per heavy atom. The quantitative estimate of drug-likeness (QED) is 0.112. The van der Waals surface area contributed by atoms with Gasteiger partial charge in [0.2, 0.25) is 5.91 Å². The third kappa shape index (κ3) is 9.60. The van der Waals surface area contributed by atoms with Crippen LogP contribution in [0.3, 0.4) is 0 Å². The van der Waals surface area contributed by atoms with Gasteiger partial charge in [-0.2, -0.15) is 0 Å². The second-order valence-electron chi connectivity index (χ2n) is 13.2. The minimum Gasteiger partial charge on any atom is -0.446 e. The SMILES string of the molecule is C#CCOCCOCCOCCOCCOCCCCn1c(CN2C(=O)C3(CCN(C(=O)OC4CC4)CC3)c3ccncc32)nc2cc(Cl)ccc21. The van der Waals surface area contributed by atoms with Crippen LogP contribution in [-0.2, 0) is 51.7 Å². The molecule has 0 bridgehead atoms. The Morgan fingerprint density at radius 1 is 0.923 bits per heavy atom. The minimum atomic E-state index is -0.712. The summed E-state index contributed by atoms with van der Waals surface area (Å²) in [5.41, 5.74) is 2.80. The number of aromatic nitrogens is 3. The number of aryl methyl sites for hydroxylation is 1. The number of fused-ring (bicyclic) bond motifs is 3. The lowest BCUT2D eigenvalue weighted by atomic mass is 9.74. The lowest BCUT2D eigenvalue weighted by Gasteiger charge is -2.38. The Balaban J connectivity index is 0.962. The van der Waals surface area contributed by atoms with Gasteiger partial charge in [0, 0.05) is 37.5 Å². The standard InChI is InChI=1S/C38H48ClN5O8/c1-2-16-47-18-20-49-22-24-51-25-23-50-21-19-48-17-4-3-13-43-33-8-5-29(39)26-32(33)41-35(43)28-44-34-27-40-12-9-31(34)38(36(44)45)10-14-42(15-11-38)37(46)52-30-6-7-30/h1,5,8-9,12,26-27,30H,3-4,6-7,10-11,13-25,28H2. The number of anilines is 1. The first-order valence-corrected chi connectivity index (χ1v) is 18.6. The van der Waals surface area contributed by atoms with Crippen molar-refractivity contribution in [1.82, 2.24) is 19.4 Å². The molecule has 2 aliphatic heterocycles. The number of rotatable bonds is 21. The van der Waals surface area contributed by atoms with Gasteiger partial charge in [-0.25, -0.2) is 9.78 Å². The van der Waals surface area contributed by atoms with Crippen molar-refractivity contribution in [2.45, 2.75) is 63.1 Å². The number of terminal acetylenes is 1. The van der Waals surface area contributed by atoms with Crippen molar-refractivity contribution in [3.8, 4) is 12.3 Å². The molecule has 280 valence electrons. The van der Waals surface area contributed by atoms with Crippen molar-refractivity contribution in [3.63, 3.8) is 0 Å². The lowest BCUT2D eigenvalue weighted by Crippen LogP contribution is -2.50. The summed E-state index contributed by atoms with van der Waals surface area (Å²) in [7, 11) is 0. The molecule has 2 amide bonds. The van der Waals surface area contributed by atoms with Crippen molar-refractivity contribution in [2.75, 3.05) is 84.1 Å². The lowest BCUT2D eigenvalue weighted by molar-refractivity contribution is -0.125. The third-order valence-electron chi connectivity index (χ3n) is 9.61. The molecular weight excluding hydrogens is 690 g/mol. The largest absolute Gasteiger partial charge is 0.446 e. The number of piperidine rings is 1. The topological polar surface area (TPSA) is 127 Å². The molecular formula is C38H48ClN5O8. The van der Waals surface area contributed by atoms with Gasteiger partial charge in [0.05, 0.1) is 87.7 Å². The molecule has 1 saturated heterocycles. The normalized spacial score (nSPS) is 16.5. The summed E-state index contributed by atoms with van der Waals surface area (Å²) in [5, 5.41) is 0.607. The number of carbonyl (C=O) groups is 2. The van der Waals surface area contributed by atoms with Gasteiger partial charge >= 0.3 is 6.09 Å². The zero-order valence-corrected chi connectivity index (χ0v) is 30.4. The van der Waals surface area contributed by atoms with Crippen LogP contribution in [0.5, 0.6) is 0 Å². The van der Waals surface area contributed by atoms with Crippen molar-refractivity contribution in [3.05, 3.63) is 53.1 Å². The second kappa shape index (κ2) is 18.8. The first kappa shape index (κ1) is 38.0. The Bertz CT molecular complexity index is 1680. The van der Waals surface area contributed by atoms with Crippen LogP contribution in [0.25, 0.3) is 11.0 Å². The number of carbonyl (C=O) groups excluding carboxylic acids is 2. The Kier molecular flexibility index (Phi) is 13.7. The van der Waals surface area contributed by atoms with Crippen molar-refractivity contribution in [1.29, 1.82) is 0 Å². The zero-order valence-electron chi connectivity index (χ0n) is 29.6. The number of amides is 2. The first-order chi connectivity index (χ1) is 25.5. The van der Waals surface area contributed by atoms with Gasteiger partial charge in [-0.1, -0.05) is 17.5 Å². The molecule has 2 aromatic heterocycles. The van der Waals surface area contributed by atoms with E-state index in [1.54, 1.807) is 17.3 Å². The Labute approximate surface area is 309 Å². The van der Waals surface area contributed by atoms with Crippen LogP contribution >= 0.6 is 11.6 Å². The van der Waals surface area contributed by atoms with Gasteiger partial charge in [-0.15, -0.1) is 6.42 Å². The van der Waals surface area contributed by atoms with E-state index in [1.165, 1.54) is 0 Å². The highest BCUT2D eigenvalue weighted by Crippen LogP contribution is 2.48. The third-order valence-corrected chi connectivity index (χ3v) is 9.85. The van der Waals surface area contributed by atoms with Gasteiger partial charge in [-0.3, -0.25) is 9.78 Å². The van der Waals surface area contributed by atoms with Crippen LogP contribution < -0.4 is 4.90 Å². The van der Waals surface area contributed by atoms with Crippen LogP contribution in [0, 0.1) is 12.3 Å². The van der Waals surface area contributed by atoms with Gasteiger partial charge in [0.25, 0.3) is 0 Å². The highest BCUT2D eigenvalue weighted by molar-refractivity contribution is 6.31. The number of unbranched alkanes of at least 4 members (excludes halogenated alkanes) is 1. The van der Waals surface area contributed by atoms with Crippen LogP contribution in [0.4, 0.5) is 10.5 Å². The fourth-order valence-corrected chi connectivity index (χ4v) is 6.92. The average Bonchev–Trinajstić information content (AvgIpc) is 3.87. The zero-order chi connectivity index (χ0) is 36.2. The maximum absolute atomic E-state index is 14.4. The Morgan fingerprint density at radius 2 is 1.60 bits per heavy atom. The van der Waals surface area contributed by atoms with Gasteiger partial charge in [-0.05, 0) is 68.4 Å². The van der Waals surface area contributed by atoms with E-state index >= 15 is 0 Å². The fourth-order valence-electron chi connectivity index (χ4n) is 6.75. The smallest absolute Gasteiger partial charge is 0.410 e. The number of imidazole rings is 1. The summed E-state index contributed by atoms with van der Waals surface area (Å²) >= 11 is 6.36. The van der Waals surface area contributed by atoms with Crippen LogP contribution in [-0.4, -0.2) is 117 Å². The maximum Gasteiger partial charge on any atom is 0.410 e. The van der Waals surface area contributed by atoms with Crippen LogP contribution in [0.15, 0.2) is 36.7 Å². The van der Waals surface area contributed by atoms with E-state index in [2.05, 4.69) is 15.5 Å². The molecule has 1 aromatic carbocycles. The van der Waals surface area contributed by atoms with Crippen molar-refractivity contribution >= 4 is 40.3 Å². The van der Waals surface area contributed by atoms with E-state index in [-0.39, 0.29) is 18.1 Å². The summed E-state index contributed by atoms with van der Waals surface area (Å²) in [5.74, 6) is 3.21. The predicted octanol–water partition coefficient (Wildman–Crippen LogP) is 4.76. The summed E-state index contributed by atoms with van der Waals surface area (Å²) in [6.07, 6.45) is 13.0. The minimum absolute atomic E-state index is 0.0249. The molecule has 1 aliphatic carbocycles. The van der Waals surface area contributed by atoms with E-state index in [0.29, 0.717) is 110 Å². The Hall–Kier alpha value is -3.77. The molecule has 14 heteroatoms. The number of likely N-dealkylation sites (tertiary alicyclic amines) is 1. The molecule has 52 heavy (non-hydrogen) atoms. The first-order valence-electron chi connectivity index (χ1n) is 18.2. The van der Waals surface area contributed by atoms with Crippen molar-refractivity contribution < 1.29 is 38.0 Å². The molecule has 2 fully saturated rings. The number of nitrogens with zero attached hydrogens (tertiary/aromatic N) is 5. The highest BCUT2D eigenvalue weighted by atomic mass is 35.5. The molecule has 0 unspecified atom stereocenters. The molecule has 3 aromatic rings. The number of halogens is 1. The van der Waals surface area contributed by atoms with E-state index in [0.717, 1.165) is 53.8 Å². The molecule has 13 nitrogen and oxygen atoms in total. The summed E-state index contributed by atoms with van der Waals surface area (Å²) in [4.78, 5) is 39.9. The summed E-state index contributed by atoms with van der Waals surface area (Å²) in [6.45, 7) is 6.77. The van der Waals surface area contributed by atoms with Crippen LogP contribution in [0.1, 0.15) is 49.9 Å². The van der Waals surface area contributed by atoms with Gasteiger partial charge in [0.15, 0.2) is 0 Å². The average molecular weight is 738 g/mol. The van der Waals surface area contributed by atoms with E-state index < -0.39 is 5.41 Å². The number of hydrogen-bond donors (Lipinski definition) is 0. The molecule has 4 heterocycles. The molecule has 1 spiro atoms. The van der Waals surface area contributed by atoms with E-state index in [9.17, 15) is 9.59 Å². The van der Waals surface area contributed by atoms with Crippen LogP contribution in [0.2, 0.25) is 5.02 Å². The molecule has 0 radical (unpaired) electrons. The molecule has 0 N–H and O–H groups in total. The maximum atomic E-state index is 14.4. The molecule has 3 aliphatic rings. The van der Waals surface area contributed by atoms with Gasteiger partial charge < -0.3 is 42.8 Å². The fraction of sp³-hybridized carbons (Fsp3) is 0.579. The summed E-state index contributed by atoms with van der Waals surface area (Å²) < 4.78 is 35.2. The molecule has 6 rings (SSSR count). The monoisotopic (exact) mass is 737 g/mol. The number of ether oxygens (including phenoxy) is 6. The van der Waals surface area contributed by atoms with E-state index in [4.69, 9.17) is 51.4 Å². The number of hydrogen-bond acceptors (Lipinski definition) is 10. The number of pyridine rings is 1. The predicted molar refractivity (Wildman–Crippen MR) is 194 cm³/mol. The van der Waals surface area contributed by atoms with Gasteiger partial charge in [0.1, 0.15) is 18.5 Å².